The molecule has 0 aromatic rings. The van der Waals surface area contributed by atoms with Crippen molar-refractivity contribution in [2.75, 3.05) is 20.1 Å². The van der Waals surface area contributed by atoms with Crippen molar-refractivity contribution in [1.82, 2.24) is 10.6 Å². The van der Waals surface area contributed by atoms with Crippen LogP contribution in [0.4, 0.5) is 0 Å². The summed E-state index contributed by atoms with van der Waals surface area (Å²) in [6.07, 6.45) is 4.39. The van der Waals surface area contributed by atoms with Crippen molar-refractivity contribution in [2.45, 2.75) is 38.5 Å². The molecule has 0 atom stereocenters. The molecule has 1 fully saturated rings. The second kappa shape index (κ2) is 6.59. The molecule has 0 heterocycles. The summed E-state index contributed by atoms with van der Waals surface area (Å²) in [4.78, 5) is 22.2. The summed E-state index contributed by atoms with van der Waals surface area (Å²) < 4.78 is 0. The van der Waals surface area contributed by atoms with Gasteiger partial charge in [-0.05, 0) is 38.3 Å². The zero-order chi connectivity index (χ0) is 12.7. The lowest BCUT2D eigenvalue weighted by Crippen LogP contribution is -2.43. The monoisotopic (exact) mass is 242 g/mol. The van der Waals surface area contributed by atoms with Crippen molar-refractivity contribution in [3.8, 4) is 0 Å². The smallest absolute Gasteiger partial charge is 0.303 e. The van der Waals surface area contributed by atoms with Crippen molar-refractivity contribution in [3.05, 3.63) is 0 Å². The number of aliphatic carboxylic acids is 1. The van der Waals surface area contributed by atoms with Crippen LogP contribution in [0, 0.1) is 5.41 Å². The number of carbonyl (C=O) groups is 2. The maximum Gasteiger partial charge on any atom is 0.303 e. The maximum absolute atomic E-state index is 11.5. The summed E-state index contributed by atoms with van der Waals surface area (Å²) >= 11 is 0. The number of carbonyl (C=O) groups excluding carboxylic acids is 1. The van der Waals surface area contributed by atoms with Gasteiger partial charge in [0.25, 0.3) is 0 Å². The van der Waals surface area contributed by atoms with Gasteiger partial charge in [-0.25, -0.2) is 0 Å². The van der Waals surface area contributed by atoms with Gasteiger partial charge in [-0.15, -0.1) is 0 Å². The SMILES string of the molecule is CNCCCC(=O)NCC1(CC(=O)O)CCC1. The summed E-state index contributed by atoms with van der Waals surface area (Å²) in [5.41, 5.74) is -0.176. The molecule has 1 aliphatic carbocycles. The zero-order valence-corrected chi connectivity index (χ0v) is 10.4. The van der Waals surface area contributed by atoms with E-state index in [0.717, 1.165) is 32.2 Å². The Bertz CT molecular complexity index is 275. The number of hydrogen-bond donors (Lipinski definition) is 3. The van der Waals surface area contributed by atoms with E-state index in [2.05, 4.69) is 10.6 Å². The first-order chi connectivity index (χ1) is 8.08. The van der Waals surface area contributed by atoms with Crippen LogP contribution in [0.5, 0.6) is 0 Å². The van der Waals surface area contributed by atoms with E-state index in [0.29, 0.717) is 13.0 Å². The van der Waals surface area contributed by atoms with Crippen LogP contribution in [0.25, 0.3) is 0 Å². The van der Waals surface area contributed by atoms with Gasteiger partial charge in [0.2, 0.25) is 5.91 Å². The molecule has 0 aromatic heterocycles. The topological polar surface area (TPSA) is 78.4 Å². The van der Waals surface area contributed by atoms with Crippen LogP contribution in [0.15, 0.2) is 0 Å². The highest BCUT2D eigenvalue weighted by Crippen LogP contribution is 2.43. The highest BCUT2D eigenvalue weighted by Gasteiger charge is 2.39. The molecular weight excluding hydrogens is 220 g/mol. The standard InChI is InChI=1S/C12H22N2O3/c1-13-7-2-4-10(15)14-9-12(5-3-6-12)8-11(16)17/h13H,2-9H2,1H3,(H,14,15)(H,16,17). The van der Waals surface area contributed by atoms with Crippen LogP contribution in [0.2, 0.25) is 0 Å². The fourth-order valence-corrected chi connectivity index (χ4v) is 2.21. The summed E-state index contributed by atoms with van der Waals surface area (Å²) in [5.74, 6) is -0.744. The highest BCUT2D eigenvalue weighted by atomic mass is 16.4. The molecule has 0 bridgehead atoms. The normalized spacial score (nSPS) is 17.2. The number of hydrogen-bond acceptors (Lipinski definition) is 3. The van der Waals surface area contributed by atoms with E-state index in [1.807, 2.05) is 7.05 Å². The Labute approximate surface area is 102 Å². The summed E-state index contributed by atoms with van der Waals surface area (Å²) in [7, 11) is 1.86. The van der Waals surface area contributed by atoms with Gasteiger partial charge in [-0.2, -0.15) is 0 Å². The molecule has 0 radical (unpaired) electrons. The first kappa shape index (κ1) is 14.0. The van der Waals surface area contributed by atoms with E-state index in [1.54, 1.807) is 0 Å². The lowest BCUT2D eigenvalue weighted by Gasteiger charge is -2.40. The Balaban J connectivity index is 2.23. The van der Waals surface area contributed by atoms with Gasteiger partial charge in [0.05, 0.1) is 6.42 Å². The average molecular weight is 242 g/mol. The first-order valence-corrected chi connectivity index (χ1v) is 6.21. The van der Waals surface area contributed by atoms with Gasteiger partial charge in [0.1, 0.15) is 0 Å². The van der Waals surface area contributed by atoms with E-state index in [-0.39, 0.29) is 17.7 Å². The first-order valence-electron chi connectivity index (χ1n) is 6.21. The molecule has 0 spiro atoms. The molecule has 5 heteroatoms. The third-order valence-electron chi connectivity index (χ3n) is 3.43. The van der Waals surface area contributed by atoms with Crippen LogP contribution in [-0.2, 0) is 9.59 Å². The van der Waals surface area contributed by atoms with Crippen LogP contribution >= 0.6 is 0 Å². The molecule has 1 saturated carbocycles. The lowest BCUT2D eigenvalue weighted by molar-refractivity contribution is -0.141. The highest BCUT2D eigenvalue weighted by molar-refractivity contribution is 5.76. The number of rotatable bonds is 8. The van der Waals surface area contributed by atoms with Crippen molar-refractivity contribution in [2.24, 2.45) is 5.41 Å². The third-order valence-corrected chi connectivity index (χ3v) is 3.43. The van der Waals surface area contributed by atoms with Gasteiger partial charge in [0.15, 0.2) is 0 Å². The minimum atomic E-state index is -0.769. The number of carboxylic acid groups (broad SMARTS) is 1. The predicted octanol–water partition coefficient (Wildman–Crippen LogP) is 0.747. The van der Waals surface area contributed by atoms with Crippen LogP contribution in [0.1, 0.15) is 38.5 Å². The molecule has 17 heavy (non-hydrogen) atoms. The molecule has 1 rings (SSSR count). The summed E-state index contributed by atoms with van der Waals surface area (Å²) in [6, 6.07) is 0. The molecule has 1 aliphatic rings. The van der Waals surface area contributed by atoms with Crippen LogP contribution in [-0.4, -0.2) is 37.1 Å². The van der Waals surface area contributed by atoms with Crippen molar-refractivity contribution in [3.63, 3.8) is 0 Å². The molecule has 98 valence electrons. The fourth-order valence-electron chi connectivity index (χ4n) is 2.21. The van der Waals surface area contributed by atoms with Crippen molar-refractivity contribution in [1.29, 1.82) is 0 Å². The Morgan fingerprint density at radius 2 is 2.06 bits per heavy atom. The molecular formula is C12H22N2O3. The zero-order valence-electron chi connectivity index (χ0n) is 10.4. The number of carboxylic acids is 1. The predicted molar refractivity (Wildman–Crippen MR) is 64.7 cm³/mol. The van der Waals surface area contributed by atoms with E-state index in [1.165, 1.54) is 0 Å². The summed E-state index contributed by atoms with van der Waals surface area (Å²) in [6.45, 7) is 1.34. The molecule has 0 aromatic carbocycles. The quantitative estimate of drug-likeness (QED) is 0.549. The minimum Gasteiger partial charge on any atom is -0.481 e. The minimum absolute atomic E-state index is 0.0249. The Morgan fingerprint density at radius 3 is 2.53 bits per heavy atom. The largest absolute Gasteiger partial charge is 0.481 e. The molecule has 0 saturated heterocycles. The number of nitrogens with one attached hydrogen (secondary N) is 2. The van der Waals surface area contributed by atoms with Crippen LogP contribution < -0.4 is 10.6 Å². The van der Waals surface area contributed by atoms with Crippen molar-refractivity contribution < 1.29 is 14.7 Å². The van der Waals surface area contributed by atoms with Gasteiger partial charge < -0.3 is 15.7 Å². The third kappa shape index (κ3) is 4.73. The van der Waals surface area contributed by atoms with Gasteiger partial charge in [0, 0.05) is 13.0 Å². The lowest BCUT2D eigenvalue weighted by atomic mass is 9.66. The van der Waals surface area contributed by atoms with E-state index in [9.17, 15) is 9.59 Å². The maximum atomic E-state index is 11.5. The van der Waals surface area contributed by atoms with Gasteiger partial charge >= 0.3 is 5.97 Å². The Kier molecular flexibility index (Phi) is 5.41. The van der Waals surface area contributed by atoms with Crippen molar-refractivity contribution >= 4 is 11.9 Å². The Morgan fingerprint density at radius 1 is 1.35 bits per heavy atom. The molecule has 0 unspecified atom stereocenters. The fraction of sp³-hybridized carbons (Fsp3) is 0.833. The molecule has 3 N–H and O–H groups in total. The summed E-state index contributed by atoms with van der Waals surface area (Å²) in [5, 5.41) is 14.7. The van der Waals surface area contributed by atoms with Gasteiger partial charge in [-0.1, -0.05) is 6.42 Å². The second-order valence-electron chi connectivity index (χ2n) is 4.91. The molecule has 1 amide bonds. The van der Waals surface area contributed by atoms with E-state index in [4.69, 9.17) is 5.11 Å². The Hall–Kier alpha value is -1.10. The van der Waals surface area contributed by atoms with Crippen LogP contribution in [0.3, 0.4) is 0 Å². The van der Waals surface area contributed by atoms with E-state index >= 15 is 0 Å². The molecule has 0 aliphatic heterocycles. The molecule has 5 nitrogen and oxygen atoms in total. The second-order valence-corrected chi connectivity index (χ2v) is 4.91. The van der Waals surface area contributed by atoms with Gasteiger partial charge in [-0.3, -0.25) is 9.59 Å². The van der Waals surface area contributed by atoms with E-state index < -0.39 is 5.97 Å². The number of amides is 1. The average Bonchev–Trinajstić information content (AvgIpc) is 2.22.